The molecule has 2 rings (SSSR count). The van der Waals surface area contributed by atoms with Crippen molar-refractivity contribution in [3.63, 3.8) is 0 Å². The Balaban J connectivity index is 0.000000384. The number of hydrogen-bond donors (Lipinski definition) is 4. The zero-order valence-corrected chi connectivity index (χ0v) is 16.4. The van der Waals surface area contributed by atoms with Gasteiger partial charge >= 0.3 is 11.9 Å². The fourth-order valence-corrected chi connectivity index (χ4v) is 2.12. The summed E-state index contributed by atoms with van der Waals surface area (Å²) in [5.74, 6) is -1.91. The summed E-state index contributed by atoms with van der Waals surface area (Å²) in [7, 11) is 0. The SMILES string of the molecule is CC(O)CC(C)O.O=C(O)c1cccc(Cl)c1.O=C(O)c1cccc(Cl)c1. The van der Waals surface area contributed by atoms with Crippen molar-refractivity contribution in [2.75, 3.05) is 0 Å². The quantitative estimate of drug-likeness (QED) is 0.592. The summed E-state index contributed by atoms with van der Waals surface area (Å²) < 4.78 is 0. The van der Waals surface area contributed by atoms with E-state index in [-0.39, 0.29) is 23.3 Å². The Kier molecular flexibility index (Phi) is 12.1. The van der Waals surface area contributed by atoms with E-state index in [0.717, 1.165) is 0 Å². The Morgan fingerprint density at radius 1 is 0.815 bits per heavy atom. The van der Waals surface area contributed by atoms with Crippen LogP contribution >= 0.6 is 23.2 Å². The molecule has 0 fully saturated rings. The maximum absolute atomic E-state index is 10.3. The second-order valence-electron chi connectivity index (χ2n) is 5.56. The second-order valence-corrected chi connectivity index (χ2v) is 6.44. The standard InChI is InChI=1S/2C7H5ClO2.C5H12O2/c2*8-6-3-1-2-5(4-6)7(9)10;1-4(6)3-5(2)7/h2*1-4H,(H,9,10);4-7H,3H2,1-2H3. The van der Waals surface area contributed by atoms with E-state index in [2.05, 4.69) is 0 Å². The van der Waals surface area contributed by atoms with Crippen LogP contribution in [0.4, 0.5) is 0 Å². The minimum absolute atomic E-state index is 0.215. The molecule has 2 unspecified atom stereocenters. The van der Waals surface area contributed by atoms with Crippen molar-refractivity contribution in [2.45, 2.75) is 32.5 Å². The normalized spacial score (nSPS) is 11.8. The van der Waals surface area contributed by atoms with Gasteiger partial charge < -0.3 is 20.4 Å². The van der Waals surface area contributed by atoms with Gasteiger partial charge in [0.25, 0.3) is 0 Å². The van der Waals surface area contributed by atoms with Gasteiger partial charge in [-0.15, -0.1) is 0 Å². The van der Waals surface area contributed by atoms with E-state index in [1.54, 1.807) is 38.1 Å². The Hall–Kier alpha value is -2.12. The summed E-state index contributed by atoms with van der Waals surface area (Å²) in [6.07, 6.45) is -0.278. The van der Waals surface area contributed by atoms with E-state index in [1.165, 1.54) is 24.3 Å². The first kappa shape index (κ1) is 24.9. The maximum Gasteiger partial charge on any atom is 0.335 e. The van der Waals surface area contributed by atoms with E-state index in [9.17, 15) is 9.59 Å². The number of benzene rings is 2. The van der Waals surface area contributed by atoms with Crippen LogP contribution in [0.25, 0.3) is 0 Å². The molecule has 2 aromatic rings. The molecule has 148 valence electrons. The predicted octanol–water partition coefficient (Wildman–Crippen LogP) is 4.21. The van der Waals surface area contributed by atoms with Crippen molar-refractivity contribution >= 4 is 35.1 Å². The highest BCUT2D eigenvalue weighted by molar-refractivity contribution is 6.31. The minimum atomic E-state index is -0.956. The zero-order chi connectivity index (χ0) is 21.0. The van der Waals surface area contributed by atoms with Crippen molar-refractivity contribution in [1.82, 2.24) is 0 Å². The van der Waals surface area contributed by atoms with E-state index in [0.29, 0.717) is 16.5 Å². The predicted molar refractivity (Wildman–Crippen MR) is 105 cm³/mol. The highest BCUT2D eigenvalue weighted by atomic mass is 35.5. The lowest BCUT2D eigenvalue weighted by atomic mass is 10.2. The molecule has 0 bridgehead atoms. The molecule has 0 aromatic heterocycles. The number of aromatic carboxylic acids is 2. The topological polar surface area (TPSA) is 115 Å². The number of carboxylic acid groups (broad SMARTS) is 2. The summed E-state index contributed by atoms with van der Waals surface area (Å²) in [4.78, 5) is 20.6. The minimum Gasteiger partial charge on any atom is -0.478 e. The molecule has 0 spiro atoms. The Labute approximate surface area is 167 Å². The van der Waals surface area contributed by atoms with Crippen LogP contribution < -0.4 is 0 Å². The van der Waals surface area contributed by atoms with Gasteiger partial charge in [-0.25, -0.2) is 9.59 Å². The monoisotopic (exact) mass is 416 g/mol. The highest BCUT2D eigenvalue weighted by Crippen LogP contribution is 2.10. The fraction of sp³-hybridized carbons (Fsp3) is 0.263. The van der Waals surface area contributed by atoms with Crippen molar-refractivity contribution in [2.24, 2.45) is 0 Å². The van der Waals surface area contributed by atoms with Gasteiger partial charge in [0, 0.05) is 10.0 Å². The van der Waals surface area contributed by atoms with Crippen molar-refractivity contribution < 1.29 is 30.0 Å². The molecule has 6 nitrogen and oxygen atoms in total. The third-order valence-electron chi connectivity index (χ3n) is 2.83. The Morgan fingerprint density at radius 2 is 1.15 bits per heavy atom. The summed E-state index contributed by atoms with van der Waals surface area (Å²) in [6.45, 7) is 3.32. The zero-order valence-electron chi connectivity index (χ0n) is 14.8. The van der Waals surface area contributed by atoms with Crippen LogP contribution in [0.3, 0.4) is 0 Å². The van der Waals surface area contributed by atoms with Gasteiger partial charge in [0.1, 0.15) is 0 Å². The first-order valence-corrected chi connectivity index (χ1v) is 8.62. The molecule has 2 aromatic carbocycles. The molecular formula is C19H22Cl2O6. The lowest BCUT2D eigenvalue weighted by Gasteiger charge is -2.04. The van der Waals surface area contributed by atoms with Crippen molar-refractivity contribution in [3.8, 4) is 0 Å². The maximum atomic E-state index is 10.3. The molecule has 0 aliphatic heterocycles. The number of carbonyl (C=O) groups is 2. The molecular weight excluding hydrogens is 395 g/mol. The van der Waals surface area contributed by atoms with Crippen LogP contribution in [0, 0.1) is 0 Å². The molecule has 2 atom stereocenters. The van der Waals surface area contributed by atoms with Gasteiger partial charge in [-0.05, 0) is 56.7 Å². The molecule has 0 amide bonds. The van der Waals surface area contributed by atoms with Gasteiger partial charge in [0.05, 0.1) is 23.3 Å². The van der Waals surface area contributed by atoms with Crippen LogP contribution in [-0.2, 0) is 0 Å². The highest BCUT2D eigenvalue weighted by Gasteiger charge is 2.01. The van der Waals surface area contributed by atoms with E-state index < -0.39 is 11.9 Å². The largest absolute Gasteiger partial charge is 0.478 e. The van der Waals surface area contributed by atoms with Crippen LogP contribution in [0.5, 0.6) is 0 Å². The number of aliphatic hydroxyl groups excluding tert-OH is 2. The van der Waals surface area contributed by atoms with Gasteiger partial charge in [-0.1, -0.05) is 35.3 Å². The van der Waals surface area contributed by atoms with Crippen LogP contribution in [0.1, 0.15) is 41.0 Å². The number of rotatable bonds is 4. The molecule has 0 saturated heterocycles. The smallest absolute Gasteiger partial charge is 0.335 e. The Bertz CT molecular complexity index is 670. The fourth-order valence-electron chi connectivity index (χ4n) is 1.74. The van der Waals surface area contributed by atoms with Gasteiger partial charge in [-0.2, -0.15) is 0 Å². The average Bonchev–Trinajstić information content (AvgIpc) is 2.54. The summed E-state index contributed by atoms with van der Waals surface area (Å²) in [5.41, 5.74) is 0.431. The molecule has 0 aliphatic rings. The molecule has 0 radical (unpaired) electrons. The van der Waals surface area contributed by atoms with Crippen molar-refractivity contribution in [3.05, 3.63) is 69.7 Å². The lowest BCUT2D eigenvalue weighted by Crippen LogP contribution is -2.10. The van der Waals surface area contributed by atoms with Crippen LogP contribution in [0.2, 0.25) is 10.0 Å². The molecule has 4 N–H and O–H groups in total. The lowest BCUT2D eigenvalue weighted by molar-refractivity contribution is 0.0686. The number of hydrogen-bond acceptors (Lipinski definition) is 4. The molecule has 0 saturated carbocycles. The summed E-state index contributed by atoms with van der Waals surface area (Å²) in [6, 6.07) is 12.3. The van der Waals surface area contributed by atoms with Gasteiger partial charge in [0.15, 0.2) is 0 Å². The molecule has 0 heterocycles. The van der Waals surface area contributed by atoms with Crippen molar-refractivity contribution in [1.29, 1.82) is 0 Å². The second kappa shape index (κ2) is 13.1. The number of halogens is 2. The molecule has 0 aliphatic carbocycles. The van der Waals surface area contributed by atoms with E-state index in [4.69, 9.17) is 43.6 Å². The Morgan fingerprint density at radius 3 is 1.30 bits per heavy atom. The van der Waals surface area contributed by atoms with E-state index >= 15 is 0 Å². The van der Waals surface area contributed by atoms with Gasteiger partial charge in [0.2, 0.25) is 0 Å². The summed E-state index contributed by atoms with van der Waals surface area (Å²) in [5, 5.41) is 34.9. The first-order valence-electron chi connectivity index (χ1n) is 7.86. The van der Waals surface area contributed by atoms with E-state index in [1.807, 2.05) is 0 Å². The number of aliphatic hydroxyl groups is 2. The number of carboxylic acids is 2. The van der Waals surface area contributed by atoms with Crippen LogP contribution in [-0.4, -0.2) is 44.6 Å². The van der Waals surface area contributed by atoms with Crippen LogP contribution in [0.15, 0.2) is 48.5 Å². The molecule has 8 heteroatoms. The average molecular weight is 417 g/mol. The molecule has 27 heavy (non-hydrogen) atoms. The van der Waals surface area contributed by atoms with Gasteiger partial charge in [-0.3, -0.25) is 0 Å². The first-order chi connectivity index (χ1) is 12.5. The third-order valence-corrected chi connectivity index (χ3v) is 3.30. The summed E-state index contributed by atoms with van der Waals surface area (Å²) >= 11 is 11.1. The third kappa shape index (κ3) is 12.8.